The number of hydrogen-bond acceptors (Lipinski definition) is 3. The Morgan fingerprint density at radius 3 is 2.52 bits per heavy atom. The van der Waals surface area contributed by atoms with Crippen LogP contribution in [0.5, 0.6) is 5.75 Å². The van der Waals surface area contributed by atoms with Crippen molar-refractivity contribution in [3.05, 3.63) is 83.9 Å². The van der Waals surface area contributed by atoms with Gasteiger partial charge in [0.2, 0.25) is 0 Å². The van der Waals surface area contributed by atoms with Gasteiger partial charge < -0.3 is 15.1 Å². The third kappa shape index (κ3) is 3.05. The number of nitrogens with one attached hydrogen (secondary N) is 2. The molecule has 1 fully saturated rings. The zero-order chi connectivity index (χ0) is 21.0. The molecule has 0 saturated carbocycles. The Balaban J connectivity index is 1.39. The lowest BCUT2D eigenvalue weighted by Crippen LogP contribution is -3.16. The van der Waals surface area contributed by atoms with Gasteiger partial charge in [0.1, 0.15) is 5.75 Å². The van der Waals surface area contributed by atoms with Gasteiger partial charge in [-0.3, -0.25) is 0 Å². The van der Waals surface area contributed by atoms with Crippen LogP contribution in [0.3, 0.4) is 0 Å². The zero-order valence-electron chi connectivity index (χ0n) is 18.3. The van der Waals surface area contributed by atoms with E-state index in [1.807, 2.05) is 0 Å². The summed E-state index contributed by atoms with van der Waals surface area (Å²) in [4.78, 5) is 1.67. The van der Waals surface area contributed by atoms with E-state index in [9.17, 15) is 0 Å². The molecule has 2 N–H and O–H groups in total. The number of ether oxygens (including phenoxy) is 1. The first-order chi connectivity index (χ1) is 15.1. The lowest BCUT2D eigenvalue weighted by atomic mass is 9.92. The second-order valence-corrected chi connectivity index (χ2v) is 9.47. The predicted molar refractivity (Wildman–Crippen MR) is 125 cm³/mol. The van der Waals surface area contributed by atoms with Crippen molar-refractivity contribution >= 4 is 16.5 Å². The van der Waals surface area contributed by atoms with Crippen LogP contribution in [0.25, 0.3) is 16.5 Å². The number of rotatable bonds is 2. The summed E-state index contributed by atoms with van der Waals surface area (Å²) in [5, 5.41) is 4.95. The number of nitrogens with zero attached hydrogens (tertiary/aromatic N) is 1. The molecule has 3 heterocycles. The fourth-order valence-corrected chi connectivity index (χ4v) is 5.52. The third-order valence-corrected chi connectivity index (χ3v) is 7.37. The van der Waals surface area contributed by atoms with Crippen LogP contribution in [0.2, 0.25) is 0 Å². The summed E-state index contributed by atoms with van der Waals surface area (Å²) >= 11 is 0. The first kappa shape index (κ1) is 18.9. The van der Waals surface area contributed by atoms with Crippen LogP contribution in [0.1, 0.15) is 43.9 Å². The number of fused-ring (bicyclic) bond motifs is 5. The molecule has 0 aliphatic carbocycles. The summed E-state index contributed by atoms with van der Waals surface area (Å²) in [7, 11) is 0. The maximum atomic E-state index is 6.77. The molecule has 3 aliphatic heterocycles. The molecule has 4 nitrogen and oxygen atoms in total. The van der Waals surface area contributed by atoms with E-state index in [-0.39, 0.29) is 11.8 Å². The van der Waals surface area contributed by atoms with Gasteiger partial charge in [0.15, 0.2) is 5.72 Å². The summed E-state index contributed by atoms with van der Waals surface area (Å²) in [6.45, 7) is 6.91. The molecular weight excluding hydrogens is 382 g/mol. The average Bonchev–Trinajstić information content (AvgIpc) is 3.26. The summed E-state index contributed by atoms with van der Waals surface area (Å²) in [6.07, 6.45) is 4.43. The summed E-state index contributed by atoms with van der Waals surface area (Å²) < 4.78 is 6.77. The van der Waals surface area contributed by atoms with Crippen LogP contribution in [0, 0.1) is 0 Å². The van der Waals surface area contributed by atoms with E-state index < -0.39 is 0 Å². The van der Waals surface area contributed by atoms with E-state index in [1.165, 1.54) is 27.6 Å². The third-order valence-electron chi connectivity index (χ3n) is 7.37. The minimum absolute atomic E-state index is 0.187. The van der Waals surface area contributed by atoms with E-state index in [0.717, 1.165) is 31.7 Å². The van der Waals surface area contributed by atoms with E-state index in [1.54, 1.807) is 4.90 Å². The van der Waals surface area contributed by atoms with Crippen molar-refractivity contribution in [2.24, 2.45) is 0 Å². The monoisotopic (exact) mass is 412 g/mol. The van der Waals surface area contributed by atoms with Crippen molar-refractivity contribution in [3.63, 3.8) is 0 Å². The molecule has 4 heteroatoms. The van der Waals surface area contributed by atoms with Crippen molar-refractivity contribution in [1.82, 2.24) is 10.4 Å². The van der Waals surface area contributed by atoms with E-state index in [2.05, 4.69) is 97.1 Å². The van der Waals surface area contributed by atoms with Gasteiger partial charge in [0.25, 0.3) is 0 Å². The fraction of sp³-hybridized carbons (Fsp3) is 0.333. The van der Waals surface area contributed by atoms with Crippen molar-refractivity contribution in [2.75, 3.05) is 13.1 Å². The predicted octanol–water partition coefficient (Wildman–Crippen LogP) is 3.92. The normalized spacial score (nSPS) is 27.5. The van der Waals surface area contributed by atoms with Crippen LogP contribution >= 0.6 is 0 Å². The summed E-state index contributed by atoms with van der Waals surface area (Å²) in [6, 6.07) is 24.7. The quantitative estimate of drug-likeness (QED) is 0.669. The molecule has 0 bridgehead atoms. The van der Waals surface area contributed by atoms with Gasteiger partial charge in [-0.15, -0.1) is 0 Å². The molecule has 0 aromatic heterocycles. The molecule has 6 rings (SSSR count). The molecule has 158 valence electrons. The van der Waals surface area contributed by atoms with Gasteiger partial charge >= 0.3 is 0 Å². The molecule has 1 saturated heterocycles. The lowest BCUT2D eigenvalue weighted by molar-refractivity contribution is -0.929. The Kier molecular flexibility index (Phi) is 4.34. The summed E-state index contributed by atoms with van der Waals surface area (Å²) in [5.41, 5.74) is 7.13. The van der Waals surface area contributed by atoms with Gasteiger partial charge in [0, 0.05) is 5.56 Å². The highest BCUT2D eigenvalue weighted by Crippen LogP contribution is 2.47. The number of quaternary nitrogens is 1. The SMILES string of the molecule is CC(C)[NH+]1CCC2(CC1)Oc1ccccc1[C@@H]1C=C(c3ccc4ccccc4c3)NN12. The van der Waals surface area contributed by atoms with E-state index in [4.69, 9.17) is 4.74 Å². The highest BCUT2D eigenvalue weighted by molar-refractivity contribution is 5.86. The largest absolute Gasteiger partial charge is 0.470 e. The first-order valence-corrected chi connectivity index (χ1v) is 11.5. The maximum Gasteiger partial charge on any atom is 0.191 e. The number of hydrazine groups is 1. The Morgan fingerprint density at radius 2 is 1.71 bits per heavy atom. The molecule has 3 aromatic rings. The highest BCUT2D eigenvalue weighted by atomic mass is 16.5. The van der Waals surface area contributed by atoms with Crippen molar-refractivity contribution in [2.45, 2.75) is 44.5 Å². The Labute approximate surface area is 184 Å². The smallest absolute Gasteiger partial charge is 0.191 e. The lowest BCUT2D eigenvalue weighted by Gasteiger charge is -2.51. The topological polar surface area (TPSA) is 28.9 Å². The average molecular weight is 413 g/mol. The molecular formula is C27H30N3O+. The molecule has 0 radical (unpaired) electrons. The Bertz CT molecular complexity index is 1160. The second-order valence-electron chi connectivity index (χ2n) is 9.47. The van der Waals surface area contributed by atoms with Gasteiger partial charge in [-0.1, -0.05) is 54.6 Å². The number of piperidine rings is 1. The number of hydrogen-bond donors (Lipinski definition) is 2. The van der Waals surface area contributed by atoms with Crippen LogP contribution in [0.4, 0.5) is 0 Å². The number of likely N-dealkylation sites (tertiary alicyclic amines) is 1. The molecule has 0 unspecified atom stereocenters. The molecule has 31 heavy (non-hydrogen) atoms. The minimum atomic E-state index is -0.299. The van der Waals surface area contributed by atoms with Gasteiger partial charge in [0.05, 0.1) is 43.7 Å². The van der Waals surface area contributed by atoms with Gasteiger partial charge in [-0.2, -0.15) is 5.01 Å². The zero-order valence-corrected chi connectivity index (χ0v) is 18.3. The molecule has 0 amide bonds. The van der Waals surface area contributed by atoms with Crippen LogP contribution < -0.4 is 15.1 Å². The molecule has 3 aromatic carbocycles. The molecule has 3 aliphatic rings. The van der Waals surface area contributed by atoms with Crippen molar-refractivity contribution in [3.8, 4) is 5.75 Å². The molecule has 1 atom stereocenters. The van der Waals surface area contributed by atoms with Gasteiger partial charge in [-0.25, -0.2) is 0 Å². The Morgan fingerprint density at radius 1 is 0.968 bits per heavy atom. The first-order valence-electron chi connectivity index (χ1n) is 11.5. The van der Waals surface area contributed by atoms with Crippen LogP contribution in [-0.2, 0) is 0 Å². The number of para-hydroxylation sites is 1. The Hall–Kier alpha value is -2.82. The van der Waals surface area contributed by atoms with Crippen molar-refractivity contribution in [1.29, 1.82) is 0 Å². The van der Waals surface area contributed by atoms with Crippen LogP contribution in [0.15, 0.2) is 72.8 Å². The summed E-state index contributed by atoms with van der Waals surface area (Å²) in [5.74, 6) is 1.04. The second kappa shape index (κ2) is 7.11. The standard InChI is InChI=1S/C27H29N3O/c1-19(2)29-15-13-27(14-16-29)30-25(23-9-5-6-10-26(23)31-27)18-24(28-30)22-12-11-20-7-3-4-8-21(20)17-22/h3-12,17-19,25,28H,13-16H2,1-2H3/p+1/t25-/m0/s1. The molecule has 1 spiro atoms. The fourth-order valence-electron chi connectivity index (χ4n) is 5.52. The van der Waals surface area contributed by atoms with Gasteiger partial charge in [-0.05, 0) is 48.4 Å². The van der Waals surface area contributed by atoms with Crippen molar-refractivity contribution < 1.29 is 9.64 Å². The van der Waals surface area contributed by atoms with E-state index >= 15 is 0 Å². The van der Waals surface area contributed by atoms with E-state index in [0.29, 0.717) is 6.04 Å². The number of benzene rings is 3. The highest BCUT2D eigenvalue weighted by Gasteiger charge is 2.52. The maximum absolute atomic E-state index is 6.77. The minimum Gasteiger partial charge on any atom is -0.470 e. The van der Waals surface area contributed by atoms with Crippen LogP contribution in [-0.4, -0.2) is 29.9 Å².